The molecule has 2 rings (SSSR count). The first-order chi connectivity index (χ1) is 9.06. The van der Waals surface area contributed by atoms with E-state index in [1.54, 1.807) is 6.92 Å². The van der Waals surface area contributed by atoms with Crippen LogP contribution >= 0.6 is 22.6 Å². The zero-order valence-electron chi connectivity index (χ0n) is 10.9. The summed E-state index contributed by atoms with van der Waals surface area (Å²) in [5, 5.41) is 0. The number of benzene rings is 2. The van der Waals surface area contributed by atoms with Crippen LogP contribution in [0, 0.1) is 10.5 Å². The Balaban J connectivity index is 2.06. The lowest BCUT2D eigenvalue weighted by Gasteiger charge is -2.09. The van der Waals surface area contributed by atoms with Crippen LogP contribution < -0.4 is 4.74 Å². The summed E-state index contributed by atoms with van der Waals surface area (Å²) in [6.45, 7) is 4.04. The van der Waals surface area contributed by atoms with Gasteiger partial charge in [0.05, 0.1) is 0 Å². The highest BCUT2D eigenvalue weighted by Crippen LogP contribution is 2.19. The number of aryl methyl sites for hydroxylation is 1. The van der Waals surface area contributed by atoms with Gasteiger partial charge in [0.25, 0.3) is 0 Å². The molecule has 2 nitrogen and oxygen atoms in total. The predicted octanol–water partition coefficient (Wildman–Crippen LogP) is 4.38. The normalized spacial score (nSPS) is 10.3. The van der Waals surface area contributed by atoms with Crippen LogP contribution in [0.1, 0.15) is 28.4 Å². The summed E-state index contributed by atoms with van der Waals surface area (Å²) in [4.78, 5) is 11.3. The molecule has 0 aliphatic heterocycles. The fraction of sp³-hybridized carbons (Fsp3) is 0.188. The van der Waals surface area contributed by atoms with E-state index in [4.69, 9.17) is 4.74 Å². The Morgan fingerprint density at radius 2 is 1.84 bits per heavy atom. The van der Waals surface area contributed by atoms with E-state index >= 15 is 0 Å². The molecule has 0 N–H and O–H groups in total. The molecule has 3 heteroatoms. The quantitative estimate of drug-likeness (QED) is 0.593. The van der Waals surface area contributed by atoms with Crippen molar-refractivity contribution in [2.24, 2.45) is 0 Å². The third kappa shape index (κ3) is 3.80. The van der Waals surface area contributed by atoms with E-state index in [1.807, 2.05) is 25.1 Å². The summed E-state index contributed by atoms with van der Waals surface area (Å²) in [7, 11) is 0. The molecule has 0 aliphatic rings. The number of ketones is 1. The van der Waals surface area contributed by atoms with E-state index < -0.39 is 0 Å². The molecule has 0 saturated carbocycles. The van der Waals surface area contributed by atoms with Crippen LogP contribution in [0.3, 0.4) is 0 Å². The second kappa shape index (κ2) is 6.19. The zero-order chi connectivity index (χ0) is 13.8. The maximum Gasteiger partial charge on any atom is 0.160 e. The van der Waals surface area contributed by atoms with Gasteiger partial charge in [-0.1, -0.05) is 12.1 Å². The minimum Gasteiger partial charge on any atom is -0.489 e. The maximum atomic E-state index is 11.3. The third-order valence-corrected chi connectivity index (χ3v) is 3.62. The van der Waals surface area contributed by atoms with Crippen molar-refractivity contribution in [3.63, 3.8) is 0 Å². The molecule has 2 aromatic carbocycles. The molecule has 0 heterocycles. The predicted molar refractivity (Wildman–Crippen MR) is 84.7 cm³/mol. The maximum absolute atomic E-state index is 11.3. The van der Waals surface area contributed by atoms with Crippen molar-refractivity contribution >= 4 is 28.4 Å². The van der Waals surface area contributed by atoms with E-state index in [1.165, 1.54) is 3.57 Å². The van der Waals surface area contributed by atoms with Crippen molar-refractivity contribution in [3.8, 4) is 5.75 Å². The molecular formula is C16H15IO2. The summed E-state index contributed by atoms with van der Waals surface area (Å²) in [5.74, 6) is 0.878. The Morgan fingerprint density at radius 3 is 2.42 bits per heavy atom. The summed E-state index contributed by atoms with van der Waals surface area (Å²) >= 11 is 2.28. The number of carbonyl (C=O) groups is 1. The van der Waals surface area contributed by atoms with E-state index in [-0.39, 0.29) is 5.78 Å². The van der Waals surface area contributed by atoms with Crippen LogP contribution in [0.15, 0.2) is 42.5 Å². The summed E-state index contributed by atoms with van der Waals surface area (Å²) in [6.07, 6.45) is 0. The van der Waals surface area contributed by atoms with Gasteiger partial charge in [0, 0.05) is 9.13 Å². The number of Topliss-reactive ketones (excluding diaryl/α,β-unsaturated/α-hetero) is 1. The van der Waals surface area contributed by atoms with Gasteiger partial charge in [-0.05, 0) is 77.9 Å². The van der Waals surface area contributed by atoms with E-state index in [9.17, 15) is 4.79 Å². The lowest BCUT2D eigenvalue weighted by Crippen LogP contribution is -1.99. The zero-order valence-corrected chi connectivity index (χ0v) is 13.1. The lowest BCUT2D eigenvalue weighted by atomic mass is 10.1. The summed E-state index contributed by atoms with van der Waals surface area (Å²) in [6, 6.07) is 13.8. The number of ether oxygens (including phenoxy) is 1. The second-order valence-electron chi connectivity index (χ2n) is 4.45. The molecule has 0 saturated heterocycles. The highest BCUT2D eigenvalue weighted by atomic mass is 127. The van der Waals surface area contributed by atoms with Gasteiger partial charge in [-0.25, -0.2) is 0 Å². The molecule has 0 atom stereocenters. The number of hydrogen-bond donors (Lipinski definition) is 0. The van der Waals surface area contributed by atoms with Crippen LogP contribution in [-0.2, 0) is 6.61 Å². The third-order valence-electron chi connectivity index (χ3n) is 2.90. The van der Waals surface area contributed by atoms with Gasteiger partial charge in [0.1, 0.15) is 12.4 Å². The minimum atomic E-state index is 0.0849. The van der Waals surface area contributed by atoms with Gasteiger partial charge in [0.15, 0.2) is 5.78 Å². The Hall–Kier alpha value is -1.36. The minimum absolute atomic E-state index is 0.0849. The molecule has 0 fully saturated rings. The van der Waals surface area contributed by atoms with Crippen LogP contribution in [0.25, 0.3) is 0 Å². The number of hydrogen-bond acceptors (Lipinski definition) is 2. The van der Waals surface area contributed by atoms with Crippen LogP contribution in [0.4, 0.5) is 0 Å². The molecule has 0 aromatic heterocycles. The summed E-state index contributed by atoms with van der Waals surface area (Å²) < 4.78 is 6.94. The van der Waals surface area contributed by atoms with Crippen molar-refractivity contribution in [1.29, 1.82) is 0 Å². The largest absolute Gasteiger partial charge is 0.489 e. The second-order valence-corrected chi connectivity index (χ2v) is 5.69. The van der Waals surface area contributed by atoms with Gasteiger partial charge >= 0.3 is 0 Å². The van der Waals surface area contributed by atoms with Crippen molar-refractivity contribution in [1.82, 2.24) is 0 Å². The van der Waals surface area contributed by atoms with Crippen LogP contribution in [-0.4, -0.2) is 5.78 Å². The van der Waals surface area contributed by atoms with Gasteiger partial charge in [-0.3, -0.25) is 4.79 Å². The van der Waals surface area contributed by atoms with Gasteiger partial charge in [0.2, 0.25) is 0 Å². The van der Waals surface area contributed by atoms with Crippen molar-refractivity contribution in [2.45, 2.75) is 20.5 Å². The molecule has 0 aliphatic carbocycles. The SMILES string of the molecule is CC(=O)c1ccc(OCc2ccc(I)cc2)cc1C. The first-order valence-corrected chi connectivity index (χ1v) is 7.13. The molecule has 0 bridgehead atoms. The van der Waals surface area contributed by atoms with E-state index in [2.05, 4.69) is 46.9 Å². The fourth-order valence-corrected chi connectivity index (χ4v) is 2.23. The molecule has 19 heavy (non-hydrogen) atoms. The molecule has 2 aromatic rings. The van der Waals surface area contributed by atoms with Crippen molar-refractivity contribution in [2.75, 3.05) is 0 Å². The highest BCUT2D eigenvalue weighted by Gasteiger charge is 2.05. The Kier molecular flexibility index (Phi) is 4.58. The van der Waals surface area contributed by atoms with Crippen molar-refractivity contribution in [3.05, 3.63) is 62.7 Å². The van der Waals surface area contributed by atoms with Gasteiger partial charge in [-0.15, -0.1) is 0 Å². The lowest BCUT2D eigenvalue weighted by molar-refractivity contribution is 0.101. The number of halogens is 1. The topological polar surface area (TPSA) is 26.3 Å². The molecule has 0 spiro atoms. The van der Waals surface area contributed by atoms with Crippen LogP contribution in [0.5, 0.6) is 5.75 Å². The smallest absolute Gasteiger partial charge is 0.160 e. The average Bonchev–Trinajstić information content (AvgIpc) is 2.37. The van der Waals surface area contributed by atoms with Crippen molar-refractivity contribution < 1.29 is 9.53 Å². The number of rotatable bonds is 4. The summed E-state index contributed by atoms with van der Waals surface area (Å²) in [5.41, 5.74) is 2.84. The van der Waals surface area contributed by atoms with Crippen LogP contribution in [0.2, 0.25) is 0 Å². The molecule has 0 radical (unpaired) electrons. The molecular weight excluding hydrogens is 351 g/mol. The van der Waals surface area contributed by atoms with Gasteiger partial charge in [-0.2, -0.15) is 0 Å². The van der Waals surface area contributed by atoms with E-state index in [0.29, 0.717) is 6.61 Å². The highest BCUT2D eigenvalue weighted by molar-refractivity contribution is 14.1. The first kappa shape index (κ1) is 14.1. The Morgan fingerprint density at radius 1 is 1.16 bits per heavy atom. The number of carbonyl (C=O) groups excluding carboxylic acids is 1. The Bertz CT molecular complexity index is 588. The monoisotopic (exact) mass is 366 g/mol. The van der Waals surface area contributed by atoms with E-state index in [0.717, 1.165) is 22.4 Å². The molecule has 0 amide bonds. The molecule has 98 valence electrons. The standard InChI is InChI=1S/C16H15IO2/c1-11-9-15(7-8-16(11)12(2)18)19-10-13-3-5-14(17)6-4-13/h3-9H,10H2,1-2H3. The Labute approximate surface area is 126 Å². The first-order valence-electron chi connectivity index (χ1n) is 6.05. The average molecular weight is 366 g/mol. The van der Waals surface area contributed by atoms with Gasteiger partial charge < -0.3 is 4.74 Å². The fourth-order valence-electron chi connectivity index (χ4n) is 1.87. The molecule has 0 unspecified atom stereocenters.